The first-order chi connectivity index (χ1) is 23.4. The van der Waals surface area contributed by atoms with Crippen LogP contribution in [0.3, 0.4) is 0 Å². The third-order valence-corrected chi connectivity index (χ3v) is 8.17. The molecule has 4 aromatic carbocycles. The minimum atomic E-state index is -1.05. The molecular formula is C36H31N7O3S2. The fraction of sp³-hybridized carbons (Fsp3) is 0.0556. The molecule has 0 radical (unpaired) electrons. The van der Waals surface area contributed by atoms with Gasteiger partial charge in [-0.1, -0.05) is 121 Å². The summed E-state index contributed by atoms with van der Waals surface area (Å²) < 4.78 is 0. The first-order valence-corrected chi connectivity index (χ1v) is 16.5. The third-order valence-electron chi connectivity index (χ3n) is 6.68. The molecule has 0 saturated carbocycles. The second-order valence-corrected chi connectivity index (χ2v) is 11.9. The molecule has 48 heavy (non-hydrogen) atoms. The minimum Gasteiger partial charge on any atom is -0.477 e. The normalized spacial score (nSPS) is 11.2. The average Bonchev–Trinajstić information content (AvgIpc) is 3.81. The summed E-state index contributed by atoms with van der Waals surface area (Å²) in [5.41, 5.74) is 16.9. The van der Waals surface area contributed by atoms with Gasteiger partial charge in [0, 0.05) is 34.7 Å². The lowest BCUT2D eigenvalue weighted by Crippen LogP contribution is -2.26. The van der Waals surface area contributed by atoms with Crippen molar-refractivity contribution in [3.63, 3.8) is 0 Å². The number of hydrazone groups is 2. The quantitative estimate of drug-likeness (QED) is 0.0790. The van der Waals surface area contributed by atoms with Crippen molar-refractivity contribution in [1.82, 2.24) is 9.97 Å². The highest BCUT2D eigenvalue weighted by Crippen LogP contribution is 2.25. The van der Waals surface area contributed by atoms with Crippen LogP contribution < -0.4 is 16.6 Å². The number of carbonyl (C=O) groups excluding carboxylic acids is 1. The van der Waals surface area contributed by atoms with Crippen molar-refractivity contribution < 1.29 is 14.7 Å². The molecule has 6 aromatic rings. The topological polar surface area (TPSA) is 155 Å². The Bertz CT molecular complexity index is 1830. The lowest BCUT2D eigenvalue weighted by atomic mass is 10.1. The third kappa shape index (κ3) is 10.0. The van der Waals surface area contributed by atoms with Gasteiger partial charge in [-0.05, 0) is 11.1 Å². The number of rotatable bonds is 12. The monoisotopic (exact) mass is 673 g/mol. The van der Waals surface area contributed by atoms with E-state index in [4.69, 9.17) is 5.73 Å². The van der Waals surface area contributed by atoms with Gasteiger partial charge in [0.25, 0.3) is 5.91 Å². The number of carboxylic acid groups (broad SMARTS) is 1. The molecule has 0 atom stereocenters. The summed E-state index contributed by atoms with van der Waals surface area (Å²) in [6.07, 6.45) is 0.625. The Morgan fingerprint density at radius 3 is 1.38 bits per heavy atom. The molecule has 2 heterocycles. The molecule has 0 aliphatic heterocycles. The summed E-state index contributed by atoms with van der Waals surface area (Å²) in [4.78, 5) is 31.8. The number of nitrogens with two attached hydrogens (primary N) is 1. The largest absolute Gasteiger partial charge is 0.477 e. The number of primary amides is 1. The van der Waals surface area contributed by atoms with Crippen LogP contribution in [-0.4, -0.2) is 38.4 Å². The predicted octanol–water partition coefficient (Wildman–Crippen LogP) is 7.21. The van der Waals surface area contributed by atoms with Crippen molar-refractivity contribution >= 4 is 56.2 Å². The lowest BCUT2D eigenvalue weighted by molar-refractivity contribution is -0.129. The van der Waals surface area contributed by atoms with Gasteiger partial charge >= 0.3 is 5.97 Å². The highest BCUT2D eigenvalue weighted by Gasteiger charge is 2.12. The molecule has 12 heteroatoms. The van der Waals surface area contributed by atoms with Crippen LogP contribution >= 0.6 is 22.7 Å². The summed E-state index contributed by atoms with van der Waals surface area (Å²) in [7, 11) is 0. The number of thiazole rings is 2. The van der Waals surface area contributed by atoms with Gasteiger partial charge in [-0.15, -0.1) is 22.7 Å². The lowest BCUT2D eigenvalue weighted by Gasteiger charge is -2.03. The minimum absolute atomic E-state index is 0.0395. The predicted molar refractivity (Wildman–Crippen MR) is 194 cm³/mol. The molecule has 2 aromatic heterocycles. The van der Waals surface area contributed by atoms with Gasteiger partial charge in [0.1, 0.15) is 11.4 Å². The summed E-state index contributed by atoms with van der Waals surface area (Å²) in [5.74, 6) is -1.60. The van der Waals surface area contributed by atoms with E-state index in [0.717, 1.165) is 33.6 Å². The molecule has 0 unspecified atom stereocenters. The molecule has 0 aliphatic carbocycles. The van der Waals surface area contributed by atoms with Crippen molar-refractivity contribution in [2.45, 2.75) is 12.8 Å². The van der Waals surface area contributed by atoms with Gasteiger partial charge in [0.2, 0.25) is 10.3 Å². The molecule has 0 bridgehead atoms. The maximum absolute atomic E-state index is 11.6. The average molecular weight is 674 g/mol. The maximum atomic E-state index is 11.6. The molecule has 0 saturated heterocycles. The van der Waals surface area contributed by atoms with E-state index in [9.17, 15) is 14.7 Å². The molecule has 6 rings (SSSR count). The number of benzene rings is 4. The number of anilines is 2. The number of carbonyl (C=O) groups is 2. The van der Waals surface area contributed by atoms with Crippen molar-refractivity contribution in [2.24, 2.45) is 15.9 Å². The molecular weight excluding hydrogens is 643 g/mol. The van der Waals surface area contributed by atoms with E-state index in [1.54, 1.807) is 0 Å². The Morgan fingerprint density at radius 2 is 0.979 bits per heavy atom. The molecule has 10 nitrogen and oxygen atoms in total. The molecule has 5 N–H and O–H groups in total. The molecule has 1 amide bonds. The van der Waals surface area contributed by atoms with Crippen molar-refractivity contribution in [3.8, 4) is 22.5 Å². The highest BCUT2D eigenvalue weighted by atomic mass is 32.1. The van der Waals surface area contributed by atoms with Crippen LogP contribution in [0.15, 0.2) is 142 Å². The van der Waals surface area contributed by atoms with Crippen LogP contribution in [0.5, 0.6) is 0 Å². The fourth-order valence-electron chi connectivity index (χ4n) is 4.29. The number of nitrogens with one attached hydrogen (secondary N) is 2. The molecule has 240 valence electrons. The van der Waals surface area contributed by atoms with Gasteiger partial charge in [-0.25, -0.2) is 14.8 Å². The van der Waals surface area contributed by atoms with Gasteiger partial charge in [0.05, 0.1) is 11.4 Å². The van der Waals surface area contributed by atoms with Gasteiger partial charge in [-0.3, -0.25) is 15.6 Å². The fourth-order valence-corrected chi connectivity index (χ4v) is 5.61. The first kappa shape index (κ1) is 33.4. The number of hydrogen-bond acceptors (Lipinski definition) is 10. The zero-order valence-electron chi connectivity index (χ0n) is 25.6. The summed E-state index contributed by atoms with van der Waals surface area (Å²) in [6.45, 7) is 0. The summed E-state index contributed by atoms with van der Waals surface area (Å²) >= 11 is 2.81. The van der Waals surface area contributed by atoms with Gasteiger partial charge < -0.3 is 10.8 Å². The van der Waals surface area contributed by atoms with Crippen LogP contribution in [-0.2, 0) is 22.4 Å². The van der Waals surface area contributed by atoms with Crippen LogP contribution in [0.4, 0.5) is 10.3 Å². The van der Waals surface area contributed by atoms with E-state index < -0.39 is 11.9 Å². The first-order valence-electron chi connectivity index (χ1n) is 14.7. The Balaban J connectivity index is 0.000000188. The zero-order valence-corrected chi connectivity index (χ0v) is 27.2. The second-order valence-electron chi connectivity index (χ2n) is 10.1. The van der Waals surface area contributed by atoms with Gasteiger partial charge in [-0.2, -0.15) is 10.2 Å². The van der Waals surface area contributed by atoms with Crippen LogP contribution in [0.2, 0.25) is 0 Å². The summed E-state index contributed by atoms with van der Waals surface area (Å²) in [5, 5.41) is 22.5. The Hall–Kier alpha value is -5.98. The van der Waals surface area contributed by atoms with E-state index >= 15 is 0 Å². The number of aliphatic carboxylic acids is 1. The Labute approximate surface area is 285 Å². The van der Waals surface area contributed by atoms with Crippen LogP contribution in [0.25, 0.3) is 22.5 Å². The maximum Gasteiger partial charge on any atom is 0.352 e. The van der Waals surface area contributed by atoms with E-state index in [1.165, 1.54) is 22.7 Å². The standard InChI is InChI=1S/C18H16N4OS.C18H15N3O2S/c19-17(23)15(11-13-7-3-1-4-8-13)21-22-18-20-16(12-24-18)14-9-5-2-6-10-14;22-17(23)15(11-13-7-3-1-4-8-13)20-21-18-19-16(12-24-18)14-9-5-2-6-10-14/h1-10,12H,11H2,(H2,19,23)(H,20,22);1-10,12H,11H2,(H,19,21)(H,22,23)/b21-15+;20-15+. The number of hydrogen-bond donors (Lipinski definition) is 4. The number of aromatic nitrogens is 2. The van der Waals surface area contributed by atoms with Crippen molar-refractivity contribution in [3.05, 3.63) is 143 Å². The highest BCUT2D eigenvalue weighted by molar-refractivity contribution is 7.14. The van der Waals surface area contributed by atoms with E-state index in [2.05, 4.69) is 31.0 Å². The molecule has 0 fully saturated rings. The Morgan fingerprint density at radius 1 is 0.604 bits per heavy atom. The SMILES string of the molecule is NC(=O)/C(Cc1ccccc1)=N/Nc1nc(-c2ccccc2)cs1.O=C(O)/C(Cc1ccccc1)=N/Nc1nc(-c2ccccc2)cs1. The zero-order chi connectivity index (χ0) is 33.6. The number of amides is 1. The van der Waals surface area contributed by atoms with Crippen LogP contribution in [0, 0.1) is 0 Å². The van der Waals surface area contributed by atoms with Gasteiger partial charge in [0.15, 0.2) is 0 Å². The van der Waals surface area contributed by atoms with Crippen molar-refractivity contribution in [1.29, 1.82) is 0 Å². The molecule has 0 spiro atoms. The van der Waals surface area contributed by atoms with E-state index in [-0.39, 0.29) is 17.8 Å². The number of nitrogens with zero attached hydrogens (tertiary/aromatic N) is 4. The number of carboxylic acids is 1. The van der Waals surface area contributed by atoms with E-state index in [1.807, 2.05) is 132 Å². The van der Waals surface area contributed by atoms with Crippen LogP contribution in [0.1, 0.15) is 11.1 Å². The second kappa shape index (κ2) is 17.1. The summed E-state index contributed by atoms with van der Waals surface area (Å²) in [6, 6.07) is 38.6. The van der Waals surface area contributed by atoms with E-state index in [0.29, 0.717) is 16.7 Å². The Kier molecular flexibility index (Phi) is 11.9. The van der Waals surface area contributed by atoms with Crippen molar-refractivity contribution in [2.75, 3.05) is 10.9 Å². The molecule has 0 aliphatic rings. The smallest absolute Gasteiger partial charge is 0.352 e.